The Labute approximate surface area is 92.0 Å². The van der Waals surface area contributed by atoms with Crippen molar-refractivity contribution in [3.63, 3.8) is 0 Å². The van der Waals surface area contributed by atoms with Crippen LogP contribution in [0.4, 0.5) is 9.70 Å². The summed E-state index contributed by atoms with van der Waals surface area (Å²) >= 11 is 0.284. The zero-order chi connectivity index (χ0) is 10.8. The van der Waals surface area contributed by atoms with Crippen LogP contribution >= 0.6 is 12.1 Å². The minimum absolute atomic E-state index is 0.284. The average molecular weight is 225 g/mol. The van der Waals surface area contributed by atoms with E-state index in [4.69, 9.17) is 0 Å². The summed E-state index contributed by atoms with van der Waals surface area (Å²) in [6.07, 6.45) is 0.651. The molecule has 0 saturated heterocycles. The molecule has 1 aromatic heterocycles. The van der Waals surface area contributed by atoms with E-state index in [1.807, 2.05) is 31.1 Å². The van der Waals surface area contributed by atoms with Crippen LogP contribution in [-0.4, -0.2) is 25.6 Å². The minimum Gasteiger partial charge on any atom is -0.363 e. The maximum Gasteiger partial charge on any atom is 0.128 e. The van der Waals surface area contributed by atoms with Gasteiger partial charge in [0.15, 0.2) is 0 Å². The fourth-order valence-electron chi connectivity index (χ4n) is 1.49. The Morgan fingerprint density at radius 2 is 2.20 bits per heavy atom. The first kappa shape index (κ1) is 10.4. The number of pyridine rings is 1. The van der Waals surface area contributed by atoms with Crippen LogP contribution in [0.1, 0.15) is 6.42 Å². The molecule has 5 heteroatoms. The molecule has 1 aromatic rings. The van der Waals surface area contributed by atoms with Gasteiger partial charge in [0, 0.05) is 32.0 Å². The molecule has 0 aliphatic carbocycles. The van der Waals surface area contributed by atoms with Crippen molar-refractivity contribution < 1.29 is 3.89 Å². The Balaban J connectivity index is 2.68. The standard InChI is InChI=1S/C10H12FN3S/c1-14(2)9-4-3-7-10(13-9)8(15-11)5-6-12-7/h3-4H,5-6H2,1-2H3. The van der Waals surface area contributed by atoms with E-state index in [0.29, 0.717) is 23.2 Å². The highest BCUT2D eigenvalue weighted by atomic mass is 32.2. The largest absolute Gasteiger partial charge is 0.363 e. The lowest BCUT2D eigenvalue weighted by molar-refractivity contribution is 0.904. The van der Waals surface area contributed by atoms with Gasteiger partial charge in [-0.05, 0) is 12.1 Å². The van der Waals surface area contributed by atoms with Gasteiger partial charge in [0.25, 0.3) is 0 Å². The first-order valence-corrected chi connectivity index (χ1v) is 5.44. The molecule has 15 heavy (non-hydrogen) atoms. The number of hydrogen-bond acceptors (Lipinski definition) is 4. The first-order valence-electron chi connectivity index (χ1n) is 4.73. The van der Waals surface area contributed by atoms with E-state index in [0.717, 1.165) is 11.2 Å². The third kappa shape index (κ3) is 1.97. The van der Waals surface area contributed by atoms with Crippen molar-refractivity contribution in [1.29, 1.82) is 0 Å². The fourth-order valence-corrected chi connectivity index (χ4v) is 1.89. The molecule has 0 fully saturated rings. The van der Waals surface area contributed by atoms with E-state index in [2.05, 4.69) is 9.98 Å². The lowest BCUT2D eigenvalue weighted by atomic mass is 10.2. The highest BCUT2D eigenvalue weighted by Crippen LogP contribution is 2.20. The number of anilines is 1. The summed E-state index contributed by atoms with van der Waals surface area (Å²) in [5.41, 5.74) is 0. The van der Waals surface area contributed by atoms with Crippen LogP contribution in [-0.2, 0) is 0 Å². The fraction of sp³-hybridized carbons (Fsp3) is 0.400. The van der Waals surface area contributed by atoms with Gasteiger partial charge in [-0.15, -0.1) is 0 Å². The molecule has 0 amide bonds. The highest BCUT2D eigenvalue weighted by Gasteiger charge is 2.08. The monoisotopic (exact) mass is 225 g/mol. The predicted octanol–water partition coefficient (Wildman–Crippen LogP) is 0.897. The van der Waals surface area contributed by atoms with Gasteiger partial charge in [0.2, 0.25) is 0 Å². The summed E-state index contributed by atoms with van der Waals surface area (Å²) in [6, 6.07) is 3.79. The topological polar surface area (TPSA) is 28.5 Å². The van der Waals surface area contributed by atoms with Gasteiger partial charge < -0.3 is 4.90 Å². The van der Waals surface area contributed by atoms with Gasteiger partial charge in [0.05, 0.1) is 17.5 Å². The normalized spacial score (nSPS) is 14.5. The molecule has 2 heterocycles. The summed E-state index contributed by atoms with van der Waals surface area (Å²) < 4.78 is 12.7. The van der Waals surface area contributed by atoms with Crippen LogP contribution in [0, 0.1) is 0 Å². The van der Waals surface area contributed by atoms with Gasteiger partial charge in [0.1, 0.15) is 11.2 Å². The second kappa shape index (κ2) is 4.18. The molecule has 0 N–H and O–H groups in total. The molecule has 3 nitrogen and oxygen atoms in total. The second-order valence-corrected chi connectivity index (χ2v) is 4.21. The second-order valence-electron chi connectivity index (χ2n) is 3.56. The Bertz CT molecular complexity index is 484. The molecule has 0 saturated carbocycles. The first-order chi connectivity index (χ1) is 7.22. The summed E-state index contributed by atoms with van der Waals surface area (Å²) in [4.78, 5) is 11.3. The number of halogens is 1. The van der Waals surface area contributed by atoms with Gasteiger partial charge in [-0.1, -0.05) is 0 Å². The molecule has 1 aliphatic heterocycles. The zero-order valence-corrected chi connectivity index (χ0v) is 9.51. The molecule has 80 valence electrons. The summed E-state index contributed by atoms with van der Waals surface area (Å²) in [5, 5.41) is 1.49. The molecule has 2 rings (SSSR count). The molecule has 1 aliphatic rings. The number of rotatable bonds is 2. The quantitative estimate of drug-likeness (QED) is 0.748. The molecule has 0 atom stereocenters. The van der Waals surface area contributed by atoms with Crippen LogP contribution in [0.25, 0.3) is 4.91 Å². The molecule has 0 unspecified atom stereocenters. The SMILES string of the molecule is CN(C)c1ccc2c(n1)=C(SF)CCN=2. The van der Waals surface area contributed by atoms with Crippen molar-refractivity contribution in [2.24, 2.45) is 4.99 Å². The van der Waals surface area contributed by atoms with Crippen LogP contribution in [0.3, 0.4) is 0 Å². The third-order valence-corrected chi connectivity index (χ3v) is 2.88. The molecule has 0 aromatic carbocycles. The lowest BCUT2D eigenvalue weighted by Crippen LogP contribution is -2.34. The molecule has 0 radical (unpaired) electrons. The maximum atomic E-state index is 12.7. The maximum absolute atomic E-state index is 12.7. The van der Waals surface area contributed by atoms with Gasteiger partial charge >= 0.3 is 0 Å². The average Bonchev–Trinajstić information content (AvgIpc) is 2.27. The van der Waals surface area contributed by atoms with E-state index in [9.17, 15) is 3.89 Å². The van der Waals surface area contributed by atoms with E-state index in [1.54, 1.807) is 0 Å². The number of aromatic nitrogens is 1. The van der Waals surface area contributed by atoms with Crippen molar-refractivity contribution in [2.75, 3.05) is 25.5 Å². The molecular weight excluding hydrogens is 213 g/mol. The molecule has 0 spiro atoms. The summed E-state index contributed by atoms with van der Waals surface area (Å²) in [6.45, 7) is 0.655. The number of nitrogens with zero attached hydrogens (tertiary/aromatic N) is 3. The number of fused-ring (bicyclic) bond motifs is 1. The predicted molar refractivity (Wildman–Crippen MR) is 60.9 cm³/mol. The van der Waals surface area contributed by atoms with Crippen molar-refractivity contribution in [1.82, 2.24) is 4.98 Å². The van der Waals surface area contributed by atoms with E-state index in [-0.39, 0.29) is 12.1 Å². The van der Waals surface area contributed by atoms with Crippen molar-refractivity contribution in [3.8, 4) is 0 Å². The smallest absolute Gasteiger partial charge is 0.128 e. The third-order valence-electron chi connectivity index (χ3n) is 2.30. The Hall–Kier alpha value is -1.10. The van der Waals surface area contributed by atoms with E-state index >= 15 is 0 Å². The van der Waals surface area contributed by atoms with E-state index < -0.39 is 0 Å². The van der Waals surface area contributed by atoms with Crippen LogP contribution in [0.15, 0.2) is 17.1 Å². The molecule has 0 bridgehead atoms. The van der Waals surface area contributed by atoms with Gasteiger partial charge in [-0.3, -0.25) is 4.99 Å². The van der Waals surface area contributed by atoms with Crippen molar-refractivity contribution in [3.05, 3.63) is 22.8 Å². The Morgan fingerprint density at radius 1 is 1.40 bits per heavy atom. The highest BCUT2D eigenvalue weighted by molar-refractivity contribution is 8.03. The molecular formula is C10H12FN3S. The Kier molecular flexibility index (Phi) is 2.90. The van der Waals surface area contributed by atoms with Crippen LogP contribution in [0.2, 0.25) is 0 Å². The Morgan fingerprint density at radius 3 is 2.87 bits per heavy atom. The van der Waals surface area contributed by atoms with Crippen LogP contribution < -0.4 is 15.6 Å². The number of hydrogen-bond donors (Lipinski definition) is 0. The van der Waals surface area contributed by atoms with Crippen LogP contribution in [0.5, 0.6) is 0 Å². The van der Waals surface area contributed by atoms with Gasteiger partial charge in [-0.25, -0.2) is 4.98 Å². The van der Waals surface area contributed by atoms with Gasteiger partial charge in [-0.2, -0.15) is 3.89 Å². The summed E-state index contributed by atoms with van der Waals surface area (Å²) in [5.74, 6) is 0.831. The van der Waals surface area contributed by atoms with Crippen molar-refractivity contribution >= 4 is 22.9 Å². The summed E-state index contributed by atoms with van der Waals surface area (Å²) in [7, 11) is 3.83. The van der Waals surface area contributed by atoms with Crippen molar-refractivity contribution in [2.45, 2.75) is 6.42 Å². The zero-order valence-electron chi connectivity index (χ0n) is 8.70. The minimum atomic E-state index is 0.284. The lowest BCUT2D eigenvalue weighted by Gasteiger charge is -2.12. The van der Waals surface area contributed by atoms with E-state index in [1.165, 1.54) is 0 Å².